The van der Waals surface area contributed by atoms with Crippen LogP contribution >= 0.6 is 0 Å². The number of hydrogen-bond donors (Lipinski definition) is 1. The summed E-state index contributed by atoms with van der Waals surface area (Å²) in [5.41, 5.74) is -1.43. The van der Waals surface area contributed by atoms with E-state index in [1.54, 1.807) is 0 Å². The molecular weight excluding hydrogens is 291 g/mol. The van der Waals surface area contributed by atoms with Crippen molar-refractivity contribution < 1.29 is 27.9 Å². The minimum atomic E-state index is -4.54. The SMILES string of the molecule is O=C(Cn1cc(C(=O)O)nn1)c1cccc(C(F)(F)F)c1. The summed E-state index contributed by atoms with van der Waals surface area (Å²) in [6.07, 6.45) is -3.52. The lowest BCUT2D eigenvalue weighted by atomic mass is 10.1. The summed E-state index contributed by atoms with van der Waals surface area (Å²) >= 11 is 0. The summed E-state index contributed by atoms with van der Waals surface area (Å²) in [5.74, 6) is -1.95. The lowest BCUT2D eigenvalue weighted by Gasteiger charge is -2.08. The van der Waals surface area contributed by atoms with Crippen LogP contribution in [0.2, 0.25) is 0 Å². The van der Waals surface area contributed by atoms with E-state index in [-0.39, 0.29) is 11.3 Å². The van der Waals surface area contributed by atoms with E-state index in [2.05, 4.69) is 10.3 Å². The molecule has 2 aromatic rings. The van der Waals surface area contributed by atoms with Crippen LogP contribution in [-0.4, -0.2) is 31.9 Å². The van der Waals surface area contributed by atoms with E-state index in [1.807, 2.05) is 0 Å². The highest BCUT2D eigenvalue weighted by atomic mass is 19.4. The summed E-state index contributed by atoms with van der Waals surface area (Å²) in [7, 11) is 0. The summed E-state index contributed by atoms with van der Waals surface area (Å²) < 4.78 is 38.6. The molecule has 0 atom stereocenters. The van der Waals surface area contributed by atoms with Crippen molar-refractivity contribution in [1.29, 1.82) is 0 Å². The minimum absolute atomic E-state index is 0.141. The Morgan fingerprint density at radius 1 is 1.29 bits per heavy atom. The van der Waals surface area contributed by atoms with Crippen LogP contribution in [0, 0.1) is 0 Å². The fraction of sp³-hybridized carbons (Fsp3) is 0.167. The van der Waals surface area contributed by atoms with E-state index in [0.29, 0.717) is 0 Å². The number of rotatable bonds is 4. The fourth-order valence-corrected chi connectivity index (χ4v) is 1.58. The molecule has 0 unspecified atom stereocenters. The first kappa shape index (κ1) is 14.7. The van der Waals surface area contributed by atoms with Crippen molar-refractivity contribution in [2.75, 3.05) is 0 Å². The molecule has 0 bridgehead atoms. The van der Waals surface area contributed by atoms with Gasteiger partial charge in [0.15, 0.2) is 11.5 Å². The number of carboxylic acid groups (broad SMARTS) is 1. The summed E-state index contributed by atoms with van der Waals surface area (Å²) in [4.78, 5) is 22.5. The van der Waals surface area contributed by atoms with Crippen LogP contribution in [0.4, 0.5) is 13.2 Å². The second-order valence-corrected chi connectivity index (χ2v) is 4.11. The van der Waals surface area contributed by atoms with Gasteiger partial charge in [0.2, 0.25) is 0 Å². The molecule has 2 rings (SSSR count). The number of hydrogen-bond acceptors (Lipinski definition) is 4. The first-order valence-corrected chi connectivity index (χ1v) is 5.61. The molecule has 21 heavy (non-hydrogen) atoms. The number of benzene rings is 1. The first-order chi connectivity index (χ1) is 9.77. The Morgan fingerprint density at radius 3 is 2.57 bits per heavy atom. The Hall–Kier alpha value is -2.71. The van der Waals surface area contributed by atoms with E-state index in [9.17, 15) is 22.8 Å². The van der Waals surface area contributed by atoms with Gasteiger partial charge in [0.1, 0.15) is 6.54 Å². The molecule has 0 aliphatic rings. The van der Waals surface area contributed by atoms with E-state index < -0.39 is 30.0 Å². The number of halogens is 3. The van der Waals surface area contributed by atoms with Gasteiger partial charge in [-0.3, -0.25) is 4.79 Å². The highest BCUT2D eigenvalue weighted by Gasteiger charge is 2.30. The third kappa shape index (κ3) is 3.44. The molecule has 0 spiro atoms. The molecule has 1 aromatic heterocycles. The molecule has 0 amide bonds. The van der Waals surface area contributed by atoms with Crippen molar-refractivity contribution in [3.63, 3.8) is 0 Å². The van der Waals surface area contributed by atoms with E-state index >= 15 is 0 Å². The zero-order valence-corrected chi connectivity index (χ0v) is 10.3. The van der Waals surface area contributed by atoms with E-state index in [4.69, 9.17) is 5.11 Å². The minimum Gasteiger partial charge on any atom is -0.476 e. The van der Waals surface area contributed by atoms with Crippen LogP contribution in [0.5, 0.6) is 0 Å². The molecule has 110 valence electrons. The maximum Gasteiger partial charge on any atom is 0.416 e. The second-order valence-electron chi connectivity index (χ2n) is 4.11. The molecule has 0 aliphatic heterocycles. The average Bonchev–Trinajstić information content (AvgIpc) is 2.86. The number of alkyl halides is 3. The molecule has 0 fully saturated rings. The number of carbonyl (C=O) groups excluding carboxylic acids is 1. The van der Waals surface area contributed by atoms with E-state index in [0.717, 1.165) is 29.1 Å². The van der Waals surface area contributed by atoms with Gasteiger partial charge < -0.3 is 5.11 Å². The van der Waals surface area contributed by atoms with Gasteiger partial charge in [0.05, 0.1) is 11.8 Å². The molecule has 1 N–H and O–H groups in total. The van der Waals surface area contributed by atoms with Crippen molar-refractivity contribution in [2.24, 2.45) is 0 Å². The van der Waals surface area contributed by atoms with Crippen LogP contribution in [0.1, 0.15) is 26.4 Å². The number of ketones is 1. The van der Waals surface area contributed by atoms with Crippen LogP contribution in [-0.2, 0) is 12.7 Å². The standard InChI is InChI=1S/C12H8F3N3O3/c13-12(14,15)8-3-1-2-7(4-8)10(19)6-18-5-9(11(20)21)16-17-18/h1-5H,6H2,(H,20,21). The molecule has 0 aliphatic carbocycles. The van der Waals surface area contributed by atoms with Crippen molar-refractivity contribution in [3.05, 3.63) is 47.3 Å². The number of aromatic carboxylic acids is 1. The number of carboxylic acids is 1. The summed E-state index contributed by atoms with van der Waals surface area (Å²) in [5, 5.41) is 15.4. The average molecular weight is 299 g/mol. The second kappa shape index (κ2) is 5.35. The maximum atomic E-state index is 12.5. The smallest absolute Gasteiger partial charge is 0.416 e. The first-order valence-electron chi connectivity index (χ1n) is 5.61. The zero-order chi connectivity index (χ0) is 15.6. The topological polar surface area (TPSA) is 85.1 Å². The highest BCUT2D eigenvalue weighted by molar-refractivity contribution is 5.96. The molecular formula is C12H8F3N3O3. The van der Waals surface area contributed by atoms with Crippen molar-refractivity contribution in [1.82, 2.24) is 15.0 Å². The number of nitrogens with zero attached hydrogens (tertiary/aromatic N) is 3. The molecule has 0 saturated carbocycles. The van der Waals surface area contributed by atoms with Gasteiger partial charge in [0, 0.05) is 5.56 Å². The Kier molecular flexibility index (Phi) is 3.74. The molecule has 6 nitrogen and oxygen atoms in total. The van der Waals surface area contributed by atoms with Crippen LogP contribution in [0.25, 0.3) is 0 Å². The fourth-order valence-electron chi connectivity index (χ4n) is 1.58. The van der Waals surface area contributed by atoms with Gasteiger partial charge in [-0.1, -0.05) is 17.3 Å². The summed E-state index contributed by atoms with van der Waals surface area (Å²) in [6.45, 7) is -0.401. The van der Waals surface area contributed by atoms with Gasteiger partial charge in [0.25, 0.3) is 0 Å². The predicted octanol–water partition coefficient (Wildman–Crippen LogP) is 1.88. The van der Waals surface area contributed by atoms with Crippen molar-refractivity contribution in [3.8, 4) is 0 Å². The van der Waals surface area contributed by atoms with Crippen molar-refractivity contribution >= 4 is 11.8 Å². The Morgan fingerprint density at radius 2 is 2.00 bits per heavy atom. The van der Waals surface area contributed by atoms with Crippen LogP contribution in [0.3, 0.4) is 0 Å². The Balaban J connectivity index is 2.18. The monoisotopic (exact) mass is 299 g/mol. The zero-order valence-electron chi connectivity index (χ0n) is 10.3. The predicted molar refractivity (Wildman–Crippen MR) is 62.8 cm³/mol. The largest absolute Gasteiger partial charge is 0.476 e. The Bertz CT molecular complexity index is 694. The third-order valence-corrected chi connectivity index (χ3v) is 2.58. The van der Waals surface area contributed by atoms with Crippen LogP contribution < -0.4 is 0 Å². The normalized spacial score (nSPS) is 11.4. The quantitative estimate of drug-likeness (QED) is 0.871. The van der Waals surface area contributed by atoms with Gasteiger partial charge in [-0.05, 0) is 12.1 Å². The number of Topliss-reactive ketones (excluding diaryl/α,β-unsaturated/α-hetero) is 1. The van der Waals surface area contributed by atoms with Gasteiger partial charge in [-0.15, -0.1) is 5.10 Å². The Labute approximate surface area is 115 Å². The number of aromatic nitrogens is 3. The third-order valence-electron chi connectivity index (χ3n) is 2.58. The molecule has 9 heteroatoms. The maximum absolute atomic E-state index is 12.5. The molecule has 0 saturated heterocycles. The van der Waals surface area contributed by atoms with Crippen molar-refractivity contribution in [2.45, 2.75) is 12.7 Å². The van der Waals surface area contributed by atoms with E-state index in [1.165, 1.54) is 6.07 Å². The highest BCUT2D eigenvalue weighted by Crippen LogP contribution is 2.29. The van der Waals surface area contributed by atoms with Crippen LogP contribution in [0.15, 0.2) is 30.5 Å². The summed E-state index contributed by atoms with van der Waals surface area (Å²) in [6, 6.07) is 3.96. The molecule has 1 aromatic carbocycles. The lowest BCUT2D eigenvalue weighted by Crippen LogP contribution is -2.13. The van der Waals surface area contributed by atoms with Gasteiger partial charge in [-0.25, -0.2) is 9.48 Å². The van der Waals surface area contributed by atoms with Gasteiger partial charge >= 0.3 is 12.1 Å². The molecule has 1 heterocycles. The molecule has 0 radical (unpaired) electrons. The lowest BCUT2D eigenvalue weighted by molar-refractivity contribution is -0.137. The van der Waals surface area contributed by atoms with Gasteiger partial charge in [-0.2, -0.15) is 13.2 Å². The number of carbonyl (C=O) groups is 2.